The van der Waals surface area contributed by atoms with E-state index in [4.69, 9.17) is 0 Å². The number of hydrogen-bond acceptors (Lipinski definition) is 4. The van der Waals surface area contributed by atoms with E-state index in [0.717, 1.165) is 24.3 Å². The summed E-state index contributed by atoms with van der Waals surface area (Å²) in [5.74, 6) is -8.00. The molecule has 11 heteroatoms. The molecule has 0 spiro atoms. The minimum Gasteiger partial charge on any atom is -0.311 e. The van der Waals surface area contributed by atoms with Gasteiger partial charge in [0.25, 0.3) is 0 Å². The van der Waals surface area contributed by atoms with Crippen LogP contribution in [0.4, 0.5) is 60.5 Å². The van der Waals surface area contributed by atoms with Crippen LogP contribution in [-0.4, -0.2) is 9.97 Å². The average Bonchev–Trinajstić information content (AvgIpc) is 3.22. The van der Waals surface area contributed by atoms with Crippen molar-refractivity contribution < 1.29 is 47.4 Å². The second kappa shape index (κ2) is 16.9. The minimum absolute atomic E-state index is 0. The molecular weight excluding hydrogens is 930 g/mol. The molecular formula is C47H28F6N4Pt. The molecule has 0 aliphatic carbocycles. The first-order valence-corrected chi connectivity index (χ1v) is 17.6. The van der Waals surface area contributed by atoms with E-state index in [-0.39, 0.29) is 55.0 Å². The number of benzene rings is 6. The number of hydrogen-bond donors (Lipinski definition) is 0. The number of rotatable bonds is 10. The van der Waals surface area contributed by atoms with Crippen LogP contribution >= 0.6 is 0 Å². The van der Waals surface area contributed by atoms with Gasteiger partial charge in [-0.2, -0.15) is 8.78 Å². The van der Waals surface area contributed by atoms with Crippen molar-refractivity contribution in [3.05, 3.63) is 217 Å². The van der Waals surface area contributed by atoms with E-state index in [1.807, 2.05) is 0 Å². The largest absolute Gasteiger partial charge is 2.00 e. The number of nitrogens with zero attached hydrogens (tertiary/aromatic N) is 4. The molecule has 288 valence electrons. The fourth-order valence-electron chi connectivity index (χ4n) is 6.48. The Morgan fingerprint density at radius 3 is 1.02 bits per heavy atom. The van der Waals surface area contributed by atoms with Gasteiger partial charge in [-0.1, -0.05) is 108 Å². The van der Waals surface area contributed by atoms with Crippen LogP contribution in [0.2, 0.25) is 0 Å². The molecule has 2 heterocycles. The molecule has 0 unspecified atom stereocenters. The molecule has 4 nitrogen and oxygen atoms in total. The van der Waals surface area contributed by atoms with E-state index in [0.29, 0.717) is 34.9 Å². The van der Waals surface area contributed by atoms with Crippen LogP contribution in [0.15, 0.2) is 170 Å². The third-order valence-electron chi connectivity index (χ3n) is 9.07. The van der Waals surface area contributed by atoms with Gasteiger partial charge in [0.1, 0.15) is 11.4 Å². The predicted molar refractivity (Wildman–Crippen MR) is 209 cm³/mol. The number of pyridine rings is 2. The Hall–Kier alpha value is -6.51. The Morgan fingerprint density at radius 2 is 0.724 bits per heavy atom. The van der Waals surface area contributed by atoms with Crippen molar-refractivity contribution in [1.82, 2.24) is 9.97 Å². The molecule has 0 saturated heterocycles. The molecule has 0 saturated carbocycles. The first-order valence-electron chi connectivity index (χ1n) is 17.6. The fourth-order valence-corrected chi connectivity index (χ4v) is 6.48. The number of para-hydroxylation sites is 4. The minimum atomic E-state index is -4.05. The monoisotopic (exact) mass is 957 g/mol. The van der Waals surface area contributed by atoms with Gasteiger partial charge in [0.05, 0.1) is 0 Å². The first-order chi connectivity index (χ1) is 27.7. The third kappa shape index (κ3) is 8.15. The van der Waals surface area contributed by atoms with E-state index in [1.165, 1.54) is 12.1 Å². The van der Waals surface area contributed by atoms with Gasteiger partial charge in [-0.25, -0.2) is 0 Å². The van der Waals surface area contributed by atoms with E-state index in [9.17, 15) is 8.78 Å². The number of anilines is 6. The molecule has 0 aliphatic rings. The zero-order valence-corrected chi connectivity index (χ0v) is 32.3. The Labute approximate surface area is 345 Å². The van der Waals surface area contributed by atoms with Gasteiger partial charge in [0.15, 0.2) is 0 Å². The maximum atomic E-state index is 17.6. The summed E-state index contributed by atoms with van der Waals surface area (Å²) in [7, 11) is 0. The van der Waals surface area contributed by atoms with Crippen molar-refractivity contribution in [3.8, 4) is 22.5 Å². The summed E-state index contributed by atoms with van der Waals surface area (Å²) in [6.45, 7) is 0. The van der Waals surface area contributed by atoms with E-state index in [1.54, 1.807) is 131 Å². The molecule has 0 aliphatic heterocycles. The summed E-state index contributed by atoms with van der Waals surface area (Å²) < 4.78 is 94.3. The zero-order valence-electron chi connectivity index (χ0n) is 30.0. The van der Waals surface area contributed by atoms with Crippen LogP contribution in [0.3, 0.4) is 0 Å². The molecule has 0 N–H and O–H groups in total. The van der Waals surface area contributed by atoms with Gasteiger partial charge in [0, 0.05) is 57.4 Å². The molecule has 0 radical (unpaired) electrons. The quantitative estimate of drug-likeness (QED) is 0.101. The Kier molecular flexibility index (Phi) is 11.6. The molecule has 6 aromatic carbocycles. The molecule has 2 aromatic heterocycles. The van der Waals surface area contributed by atoms with Gasteiger partial charge in [-0.3, -0.25) is 27.5 Å². The summed E-state index contributed by atoms with van der Waals surface area (Å²) in [4.78, 5) is 11.9. The Balaban J connectivity index is 0.00000512. The molecule has 0 fully saturated rings. The maximum absolute atomic E-state index is 17.6. The number of halogens is 6. The van der Waals surface area contributed by atoms with Crippen molar-refractivity contribution in [3.63, 3.8) is 0 Å². The SMILES string of the molecule is Fc1c[c-]c(-c2cc(N(c3ccccc3)c3ccccc3)cc(C(F)(F)c3cc(N(c4ccccc4)c4ccccc4)cc(-c4[c-]cc(F)cc4F)n3)n2)c(F)c1.[Pt+2]. The van der Waals surface area contributed by atoms with Crippen LogP contribution in [0.25, 0.3) is 22.5 Å². The summed E-state index contributed by atoms with van der Waals surface area (Å²) in [5, 5.41) is 0. The first kappa shape index (κ1) is 39.7. The molecule has 0 amide bonds. The molecule has 58 heavy (non-hydrogen) atoms. The van der Waals surface area contributed by atoms with Crippen LogP contribution in [0, 0.1) is 35.4 Å². The van der Waals surface area contributed by atoms with Crippen molar-refractivity contribution in [1.29, 1.82) is 0 Å². The molecule has 8 aromatic rings. The maximum Gasteiger partial charge on any atom is 2.00 e. The average molecular weight is 958 g/mol. The topological polar surface area (TPSA) is 32.3 Å². The van der Waals surface area contributed by atoms with Crippen molar-refractivity contribution in [2.45, 2.75) is 5.92 Å². The van der Waals surface area contributed by atoms with Gasteiger partial charge in [-0.15, -0.1) is 24.3 Å². The van der Waals surface area contributed by atoms with Crippen LogP contribution < -0.4 is 9.80 Å². The smallest absolute Gasteiger partial charge is 0.311 e. The normalized spacial score (nSPS) is 11.1. The second-order valence-corrected chi connectivity index (χ2v) is 12.9. The van der Waals surface area contributed by atoms with Gasteiger partial charge in [0.2, 0.25) is 0 Å². The Morgan fingerprint density at radius 1 is 0.414 bits per heavy atom. The summed E-state index contributed by atoms with van der Waals surface area (Å²) in [6.07, 6.45) is 0. The van der Waals surface area contributed by atoms with Gasteiger partial charge >= 0.3 is 27.0 Å². The van der Waals surface area contributed by atoms with E-state index >= 15 is 17.6 Å². The Bertz CT molecular complexity index is 2410. The van der Waals surface area contributed by atoms with Crippen LogP contribution in [-0.2, 0) is 27.0 Å². The summed E-state index contributed by atoms with van der Waals surface area (Å²) in [5.41, 5.74) is -0.251. The fraction of sp³-hybridized carbons (Fsp3) is 0.0213. The number of alkyl halides is 2. The van der Waals surface area contributed by atoms with Crippen molar-refractivity contribution >= 4 is 34.1 Å². The van der Waals surface area contributed by atoms with Gasteiger partial charge in [-0.05, 0) is 72.1 Å². The van der Waals surface area contributed by atoms with Crippen LogP contribution in [0.1, 0.15) is 11.4 Å². The van der Waals surface area contributed by atoms with Gasteiger partial charge < -0.3 is 9.80 Å². The molecule has 0 atom stereocenters. The van der Waals surface area contributed by atoms with E-state index in [2.05, 4.69) is 22.1 Å². The van der Waals surface area contributed by atoms with Crippen molar-refractivity contribution in [2.24, 2.45) is 0 Å². The summed E-state index contributed by atoms with van der Waals surface area (Å²) in [6, 6.07) is 48.9. The summed E-state index contributed by atoms with van der Waals surface area (Å²) >= 11 is 0. The zero-order chi connectivity index (χ0) is 39.5. The standard InChI is InChI=1S/C47H28F6N4.Pt/c48-31-21-23-39(41(50)25-31)43-27-37(56(33-13-5-1-6-14-33)34-15-7-2-8-16-34)29-45(54-43)47(52,53)46-30-38(28-44(55-46)40-24-22-32(49)26-42(40)51)57(35-17-9-3-10-18-35)36-19-11-4-12-20-36;/h1-22,25-30H;/q-2;+2. The molecule has 0 bridgehead atoms. The molecule has 8 rings (SSSR count). The predicted octanol–water partition coefficient (Wildman–Crippen LogP) is 13.0. The number of aromatic nitrogens is 2. The van der Waals surface area contributed by atoms with E-state index < -0.39 is 40.6 Å². The van der Waals surface area contributed by atoms with Crippen molar-refractivity contribution in [2.75, 3.05) is 9.80 Å². The van der Waals surface area contributed by atoms with Crippen LogP contribution in [0.5, 0.6) is 0 Å². The second-order valence-electron chi connectivity index (χ2n) is 12.9. The third-order valence-corrected chi connectivity index (χ3v) is 9.07.